The molecule has 4 fully saturated rings. The van der Waals surface area contributed by atoms with E-state index in [0.717, 1.165) is 32.0 Å². The quantitative estimate of drug-likeness (QED) is 0.842. The summed E-state index contributed by atoms with van der Waals surface area (Å²) in [6.07, 6.45) is 3.67. The van der Waals surface area contributed by atoms with Crippen molar-refractivity contribution in [3.05, 3.63) is 0 Å². The van der Waals surface area contributed by atoms with Crippen LogP contribution in [-0.4, -0.2) is 66.3 Å². The normalized spacial score (nSPS) is 33.5. The summed E-state index contributed by atoms with van der Waals surface area (Å²) in [6, 6.07) is 0.741. The summed E-state index contributed by atoms with van der Waals surface area (Å²) >= 11 is 0. The van der Waals surface area contributed by atoms with E-state index in [1.54, 1.807) is 0 Å². The van der Waals surface area contributed by atoms with Gasteiger partial charge in [0.05, 0.1) is 12.1 Å². The lowest BCUT2D eigenvalue weighted by Gasteiger charge is -2.56. The first-order valence-corrected chi connectivity index (χ1v) is 8.37. The number of carbonyl (C=O) groups is 1. The molecule has 0 aromatic heterocycles. The van der Waals surface area contributed by atoms with Crippen LogP contribution >= 0.6 is 0 Å². The van der Waals surface area contributed by atoms with Gasteiger partial charge in [0.2, 0.25) is 0 Å². The fourth-order valence-electron chi connectivity index (χ4n) is 3.90. The summed E-state index contributed by atoms with van der Waals surface area (Å²) in [7, 11) is 0. The van der Waals surface area contributed by atoms with E-state index >= 15 is 0 Å². The maximum Gasteiger partial charge on any atom is 0.410 e. The Kier molecular flexibility index (Phi) is 4.14. The van der Waals surface area contributed by atoms with E-state index in [2.05, 4.69) is 10.2 Å². The Morgan fingerprint density at radius 3 is 2.57 bits per heavy atom. The number of piperazine rings is 1. The molecule has 0 aromatic carbocycles. The van der Waals surface area contributed by atoms with Gasteiger partial charge in [0.15, 0.2) is 0 Å². The summed E-state index contributed by atoms with van der Waals surface area (Å²) in [5, 5.41) is 3.49. The summed E-state index contributed by atoms with van der Waals surface area (Å²) in [6.45, 7) is 11.4. The Labute approximate surface area is 128 Å². The molecule has 4 aliphatic heterocycles. The van der Waals surface area contributed by atoms with Gasteiger partial charge in [-0.25, -0.2) is 4.79 Å². The lowest BCUT2D eigenvalue weighted by molar-refractivity contribution is -0.0792. The number of hydrogen-bond donors (Lipinski definition) is 1. The number of amides is 1. The van der Waals surface area contributed by atoms with Crippen molar-refractivity contribution in [3.63, 3.8) is 0 Å². The zero-order valence-corrected chi connectivity index (χ0v) is 13.6. The predicted octanol–water partition coefficient (Wildman–Crippen LogP) is 1.68. The highest BCUT2D eigenvalue weighted by molar-refractivity contribution is 5.70. The van der Waals surface area contributed by atoms with Crippen LogP contribution in [0.3, 0.4) is 0 Å². The summed E-state index contributed by atoms with van der Waals surface area (Å²) in [4.78, 5) is 16.8. The van der Waals surface area contributed by atoms with E-state index < -0.39 is 5.60 Å². The van der Waals surface area contributed by atoms with Gasteiger partial charge in [0, 0.05) is 19.6 Å². The van der Waals surface area contributed by atoms with Crippen LogP contribution in [-0.2, 0) is 4.74 Å². The minimum absolute atomic E-state index is 0.122. The van der Waals surface area contributed by atoms with Crippen molar-refractivity contribution in [1.29, 1.82) is 0 Å². The van der Waals surface area contributed by atoms with E-state index in [4.69, 9.17) is 4.74 Å². The third-order valence-electron chi connectivity index (χ3n) is 4.79. The third-order valence-corrected chi connectivity index (χ3v) is 4.79. The molecule has 5 nitrogen and oxygen atoms in total. The molecule has 2 bridgehead atoms. The van der Waals surface area contributed by atoms with E-state index in [1.165, 1.54) is 25.9 Å². The summed E-state index contributed by atoms with van der Waals surface area (Å²) in [5.74, 6) is 0.784. The number of nitrogens with one attached hydrogen (secondary N) is 1. The lowest BCUT2D eigenvalue weighted by atomic mass is 9.87. The summed E-state index contributed by atoms with van der Waals surface area (Å²) < 4.78 is 5.52. The Morgan fingerprint density at radius 2 is 2.00 bits per heavy atom. The highest BCUT2D eigenvalue weighted by Gasteiger charge is 2.48. The first kappa shape index (κ1) is 15.1. The lowest BCUT2D eigenvalue weighted by Crippen LogP contribution is -2.70. The molecule has 4 rings (SSSR count). The van der Waals surface area contributed by atoms with Crippen LogP contribution in [0.25, 0.3) is 0 Å². The molecule has 0 saturated carbocycles. The average molecular weight is 295 g/mol. The molecule has 120 valence electrons. The number of nitrogens with zero attached hydrogens (tertiary/aromatic N) is 2. The molecule has 4 aliphatic rings. The van der Waals surface area contributed by atoms with Crippen LogP contribution in [0.1, 0.15) is 40.0 Å². The minimum atomic E-state index is -0.394. The monoisotopic (exact) mass is 295 g/mol. The summed E-state index contributed by atoms with van der Waals surface area (Å²) in [5.41, 5.74) is -0.394. The van der Waals surface area contributed by atoms with Gasteiger partial charge in [-0.05, 0) is 59.0 Å². The minimum Gasteiger partial charge on any atom is -0.444 e. The molecule has 4 heterocycles. The van der Waals surface area contributed by atoms with Gasteiger partial charge in [-0.15, -0.1) is 0 Å². The second kappa shape index (κ2) is 5.76. The number of piperidine rings is 2. The number of ether oxygens (including phenoxy) is 1. The molecule has 21 heavy (non-hydrogen) atoms. The fraction of sp³-hybridized carbons (Fsp3) is 0.938. The Balaban J connectivity index is 1.49. The SMILES string of the molecule is CC(C)(C)OC(=O)N1C2CC1CN(CC1CCCNC1)C2. The molecule has 3 atom stereocenters. The van der Waals surface area contributed by atoms with Crippen LogP contribution < -0.4 is 5.32 Å². The molecule has 0 radical (unpaired) electrons. The fourth-order valence-corrected chi connectivity index (χ4v) is 3.90. The van der Waals surface area contributed by atoms with E-state index in [1.807, 2.05) is 25.7 Å². The number of fused-ring (bicyclic) bond motifs is 2. The Hall–Kier alpha value is -0.810. The maximum absolute atomic E-state index is 12.2. The highest BCUT2D eigenvalue weighted by atomic mass is 16.6. The number of carbonyl (C=O) groups excluding carboxylic acids is 1. The van der Waals surface area contributed by atoms with Gasteiger partial charge in [0.1, 0.15) is 5.60 Å². The van der Waals surface area contributed by atoms with Crippen molar-refractivity contribution in [3.8, 4) is 0 Å². The molecule has 5 heteroatoms. The molecule has 4 saturated heterocycles. The number of rotatable bonds is 2. The Morgan fingerprint density at radius 1 is 1.29 bits per heavy atom. The van der Waals surface area contributed by atoms with E-state index in [9.17, 15) is 4.79 Å². The molecular formula is C16H29N3O2. The van der Waals surface area contributed by atoms with Crippen molar-refractivity contribution < 1.29 is 9.53 Å². The van der Waals surface area contributed by atoms with Crippen molar-refractivity contribution in [1.82, 2.24) is 15.1 Å². The molecule has 1 N–H and O–H groups in total. The van der Waals surface area contributed by atoms with Crippen LogP contribution in [0, 0.1) is 5.92 Å². The zero-order valence-electron chi connectivity index (χ0n) is 13.6. The third kappa shape index (κ3) is 3.51. The zero-order chi connectivity index (χ0) is 15.0. The van der Waals surface area contributed by atoms with Gasteiger partial charge in [-0.1, -0.05) is 0 Å². The topological polar surface area (TPSA) is 44.8 Å². The second-order valence-electron chi connectivity index (χ2n) is 7.86. The second-order valence-corrected chi connectivity index (χ2v) is 7.86. The number of hydrogen-bond acceptors (Lipinski definition) is 4. The van der Waals surface area contributed by atoms with Crippen LogP contribution in [0.2, 0.25) is 0 Å². The smallest absolute Gasteiger partial charge is 0.410 e. The largest absolute Gasteiger partial charge is 0.444 e. The molecule has 1 amide bonds. The first-order valence-electron chi connectivity index (χ1n) is 8.37. The van der Waals surface area contributed by atoms with Gasteiger partial charge in [0.25, 0.3) is 0 Å². The van der Waals surface area contributed by atoms with Crippen molar-refractivity contribution in [2.24, 2.45) is 5.92 Å². The van der Waals surface area contributed by atoms with Gasteiger partial charge in [-0.3, -0.25) is 9.80 Å². The van der Waals surface area contributed by atoms with Gasteiger partial charge >= 0.3 is 6.09 Å². The Bertz CT molecular complexity index is 375. The molecule has 0 spiro atoms. The van der Waals surface area contributed by atoms with Gasteiger partial charge < -0.3 is 10.1 Å². The van der Waals surface area contributed by atoms with E-state index in [-0.39, 0.29) is 6.09 Å². The standard InChI is InChI=1S/C16H29N3O2/c1-16(2,3)21-15(20)19-13-7-14(19)11-18(10-13)9-12-5-4-6-17-8-12/h12-14,17H,4-11H2,1-3H3. The van der Waals surface area contributed by atoms with Crippen LogP contribution in [0.5, 0.6) is 0 Å². The first-order chi connectivity index (χ1) is 9.92. The average Bonchev–Trinajstić information content (AvgIpc) is 2.37. The van der Waals surface area contributed by atoms with Gasteiger partial charge in [-0.2, -0.15) is 0 Å². The predicted molar refractivity (Wildman–Crippen MR) is 82.3 cm³/mol. The van der Waals surface area contributed by atoms with E-state index in [0.29, 0.717) is 12.1 Å². The molecule has 3 unspecified atom stereocenters. The molecular weight excluding hydrogens is 266 g/mol. The van der Waals surface area contributed by atoms with Crippen molar-refractivity contribution in [2.45, 2.75) is 57.7 Å². The maximum atomic E-state index is 12.2. The van der Waals surface area contributed by atoms with Crippen molar-refractivity contribution in [2.75, 3.05) is 32.7 Å². The van der Waals surface area contributed by atoms with Crippen LogP contribution in [0.15, 0.2) is 0 Å². The molecule has 0 aliphatic carbocycles. The molecule has 0 aromatic rings. The highest BCUT2D eigenvalue weighted by Crippen LogP contribution is 2.34. The van der Waals surface area contributed by atoms with Crippen LogP contribution in [0.4, 0.5) is 4.79 Å². The van der Waals surface area contributed by atoms with Crippen molar-refractivity contribution >= 4 is 6.09 Å².